The van der Waals surface area contributed by atoms with Crippen LogP contribution in [0.5, 0.6) is 5.75 Å². The first-order valence-corrected chi connectivity index (χ1v) is 7.89. The molecule has 1 heterocycles. The molecule has 0 saturated carbocycles. The molecule has 0 radical (unpaired) electrons. The summed E-state index contributed by atoms with van der Waals surface area (Å²) in [6.07, 6.45) is -4.43. The monoisotopic (exact) mass is 363 g/mol. The van der Waals surface area contributed by atoms with Crippen LogP contribution >= 0.6 is 0 Å². The third-order valence-electron chi connectivity index (χ3n) is 3.95. The molecule has 2 aromatic carbocycles. The number of esters is 1. The highest BCUT2D eigenvalue weighted by atomic mass is 19.4. The lowest BCUT2D eigenvalue weighted by Gasteiger charge is -2.12. The van der Waals surface area contributed by atoms with Crippen molar-refractivity contribution >= 4 is 16.9 Å². The van der Waals surface area contributed by atoms with Crippen LogP contribution < -0.4 is 4.74 Å². The lowest BCUT2D eigenvalue weighted by Crippen LogP contribution is -2.11. The van der Waals surface area contributed by atoms with Gasteiger partial charge >= 0.3 is 12.1 Å². The van der Waals surface area contributed by atoms with Crippen molar-refractivity contribution < 1.29 is 27.4 Å². The van der Waals surface area contributed by atoms with Gasteiger partial charge in [-0.3, -0.25) is 0 Å². The molecule has 3 rings (SSSR count). The highest BCUT2D eigenvalue weighted by Crippen LogP contribution is 2.32. The second-order valence-electron chi connectivity index (χ2n) is 5.55. The molecule has 0 amide bonds. The second-order valence-corrected chi connectivity index (χ2v) is 5.55. The Kier molecular flexibility index (Phi) is 4.63. The van der Waals surface area contributed by atoms with Crippen LogP contribution in [0.3, 0.4) is 0 Å². The molecule has 136 valence electrons. The summed E-state index contributed by atoms with van der Waals surface area (Å²) in [5.74, 6) is 0.0155. The summed E-state index contributed by atoms with van der Waals surface area (Å²) < 4.78 is 50.3. The SMILES string of the molecule is CCOC(=O)c1cc2ccc(OC)cc2n1-c1ccc(C(F)(F)F)cc1. The summed E-state index contributed by atoms with van der Waals surface area (Å²) in [6, 6.07) is 11.5. The predicted molar refractivity (Wildman–Crippen MR) is 90.8 cm³/mol. The Hall–Kier alpha value is -2.96. The molecule has 0 saturated heterocycles. The van der Waals surface area contributed by atoms with Crippen molar-refractivity contribution in [2.75, 3.05) is 13.7 Å². The van der Waals surface area contributed by atoms with Gasteiger partial charge in [-0.15, -0.1) is 0 Å². The summed E-state index contributed by atoms with van der Waals surface area (Å²) in [7, 11) is 1.51. The number of rotatable bonds is 4. The number of ether oxygens (including phenoxy) is 2. The lowest BCUT2D eigenvalue weighted by atomic mass is 10.2. The number of carbonyl (C=O) groups is 1. The van der Waals surface area contributed by atoms with E-state index in [1.807, 2.05) is 0 Å². The van der Waals surface area contributed by atoms with Gasteiger partial charge in [0, 0.05) is 17.1 Å². The zero-order valence-electron chi connectivity index (χ0n) is 14.1. The number of hydrogen-bond donors (Lipinski definition) is 0. The zero-order chi connectivity index (χ0) is 18.9. The highest BCUT2D eigenvalue weighted by molar-refractivity contribution is 5.97. The summed E-state index contributed by atoms with van der Waals surface area (Å²) in [6.45, 7) is 1.88. The van der Waals surface area contributed by atoms with Gasteiger partial charge in [-0.2, -0.15) is 13.2 Å². The molecule has 0 spiro atoms. The predicted octanol–water partition coefficient (Wildman–Crippen LogP) is 4.83. The van der Waals surface area contributed by atoms with Gasteiger partial charge in [-0.1, -0.05) is 0 Å². The van der Waals surface area contributed by atoms with Crippen LogP contribution in [0.2, 0.25) is 0 Å². The van der Waals surface area contributed by atoms with E-state index < -0.39 is 17.7 Å². The number of halogens is 3. The molecule has 0 aliphatic heterocycles. The number of aromatic nitrogens is 1. The van der Waals surface area contributed by atoms with Crippen molar-refractivity contribution in [1.29, 1.82) is 0 Å². The van der Waals surface area contributed by atoms with Gasteiger partial charge in [0.2, 0.25) is 0 Å². The van der Waals surface area contributed by atoms with E-state index in [2.05, 4.69) is 0 Å². The number of hydrogen-bond acceptors (Lipinski definition) is 3. The Morgan fingerprint density at radius 3 is 2.35 bits per heavy atom. The first-order valence-electron chi connectivity index (χ1n) is 7.89. The minimum atomic E-state index is -4.43. The van der Waals surface area contributed by atoms with E-state index in [1.54, 1.807) is 35.8 Å². The summed E-state index contributed by atoms with van der Waals surface area (Å²) in [4.78, 5) is 12.3. The van der Waals surface area contributed by atoms with Crippen molar-refractivity contribution in [2.45, 2.75) is 13.1 Å². The third-order valence-corrected chi connectivity index (χ3v) is 3.95. The maximum atomic E-state index is 12.8. The van der Waals surface area contributed by atoms with Gasteiger partial charge in [0.1, 0.15) is 11.4 Å². The molecule has 0 fully saturated rings. The molecule has 4 nitrogen and oxygen atoms in total. The van der Waals surface area contributed by atoms with Crippen LogP contribution in [0.15, 0.2) is 48.5 Å². The van der Waals surface area contributed by atoms with Crippen LogP contribution in [0.1, 0.15) is 23.0 Å². The standard InChI is InChI=1S/C19H16F3NO3/c1-3-26-18(24)17-10-12-4-9-15(25-2)11-16(12)23(17)14-7-5-13(6-8-14)19(20,21)22/h4-11H,3H2,1-2H3. The van der Waals surface area contributed by atoms with Crippen LogP contribution in [0.4, 0.5) is 13.2 Å². The summed E-state index contributed by atoms with van der Waals surface area (Å²) in [5, 5.41) is 0.744. The minimum absolute atomic E-state index is 0.191. The fourth-order valence-corrected chi connectivity index (χ4v) is 2.74. The van der Waals surface area contributed by atoms with E-state index in [-0.39, 0.29) is 12.3 Å². The molecule has 7 heteroatoms. The number of benzene rings is 2. The summed E-state index contributed by atoms with van der Waals surface area (Å²) in [5.41, 5.74) is 0.527. The van der Waals surface area contributed by atoms with Gasteiger partial charge in [0.15, 0.2) is 0 Å². The molecular formula is C19H16F3NO3. The van der Waals surface area contributed by atoms with Gasteiger partial charge in [-0.25, -0.2) is 4.79 Å². The molecule has 0 aliphatic carbocycles. The Bertz CT molecular complexity index is 943. The smallest absolute Gasteiger partial charge is 0.416 e. The van der Waals surface area contributed by atoms with Crippen LogP contribution in [0, 0.1) is 0 Å². The Balaban J connectivity index is 2.21. The number of nitrogens with zero attached hydrogens (tertiary/aromatic N) is 1. The number of alkyl halides is 3. The second kappa shape index (κ2) is 6.74. The number of methoxy groups -OCH3 is 1. The van der Waals surface area contributed by atoms with Gasteiger partial charge in [-0.05, 0) is 49.4 Å². The van der Waals surface area contributed by atoms with Gasteiger partial charge < -0.3 is 14.0 Å². The average Bonchev–Trinajstić information content (AvgIpc) is 3.00. The molecule has 1 aromatic heterocycles. The maximum absolute atomic E-state index is 12.8. The Labute approximate surface area is 147 Å². The normalized spacial score (nSPS) is 11.6. The summed E-state index contributed by atoms with van der Waals surface area (Å²) >= 11 is 0. The average molecular weight is 363 g/mol. The highest BCUT2D eigenvalue weighted by Gasteiger charge is 2.30. The quantitative estimate of drug-likeness (QED) is 0.623. The van der Waals surface area contributed by atoms with Crippen molar-refractivity contribution in [3.8, 4) is 11.4 Å². The lowest BCUT2D eigenvalue weighted by molar-refractivity contribution is -0.137. The van der Waals surface area contributed by atoms with Crippen molar-refractivity contribution in [3.63, 3.8) is 0 Å². The van der Waals surface area contributed by atoms with E-state index in [9.17, 15) is 18.0 Å². The van der Waals surface area contributed by atoms with E-state index in [4.69, 9.17) is 9.47 Å². The van der Waals surface area contributed by atoms with E-state index in [0.29, 0.717) is 17.0 Å². The largest absolute Gasteiger partial charge is 0.497 e. The first-order chi connectivity index (χ1) is 12.3. The minimum Gasteiger partial charge on any atom is -0.497 e. The zero-order valence-corrected chi connectivity index (χ0v) is 14.1. The van der Waals surface area contributed by atoms with Crippen molar-refractivity contribution in [3.05, 3.63) is 59.8 Å². The van der Waals surface area contributed by atoms with Crippen molar-refractivity contribution in [2.24, 2.45) is 0 Å². The first kappa shape index (κ1) is 17.8. The molecule has 0 bridgehead atoms. The third kappa shape index (κ3) is 3.24. The van der Waals surface area contributed by atoms with E-state index >= 15 is 0 Å². The van der Waals surface area contributed by atoms with Gasteiger partial charge in [0.05, 0.1) is 24.8 Å². The van der Waals surface area contributed by atoms with Crippen LogP contribution in [0.25, 0.3) is 16.6 Å². The van der Waals surface area contributed by atoms with Crippen LogP contribution in [-0.2, 0) is 10.9 Å². The molecule has 0 unspecified atom stereocenters. The maximum Gasteiger partial charge on any atom is 0.416 e. The fourth-order valence-electron chi connectivity index (χ4n) is 2.74. The molecule has 26 heavy (non-hydrogen) atoms. The van der Waals surface area contributed by atoms with Crippen LogP contribution in [-0.4, -0.2) is 24.3 Å². The Morgan fingerprint density at radius 2 is 1.77 bits per heavy atom. The molecule has 0 N–H and O–H groups in total. The van der Waals surface area contributed by atoms with E-state index in [0.717, 1.165) is 17.5 Å². The number of fused-ring (bicyclic) bond motifs is 1. The molecule has 0 atom stereocenters. The van der Waals surface area contributed by atoms with Gasteiger partial charge in [0.25, 0.3) is 0 Å². The topological polar surface area (TPSA) is 40.5 Å². The molecule has 3 aromatic rings. The number of carbonyl (C=O) groups excluding carboxylic acids is 1. The Morgan fingerprint density at radius 1 is 1.08 bits per heavy atom. The van der Waals surface area contributed by atoms with E-state index in [1.165, 1.54) is 19.2 Å². The molecule has 0 aliphatic rings. The fraction of sp³-hybridized carbons (Fsp3) is 0.211. The van der Waals surface area contributed by atoms with Crippen molar-refractivity contribution in [1.82, 2.24) is 4.57 Å². The molecular weight excluding hydrogens is 347 g/mol.